The summed E-state index contributed by atoms with van der Waals surface area (Å²) in [6.45, 7) is 2.28. The number of thiocarbonyl (C=S) groups is 1. The molecule has 8 nitrogen and oxygen atoms in total. The van der Waals surface area contributed by atoms with Crippen molar-refractivity contribution in [2.45, 2.75) is 25.4 Å². The first kappa shape index (κ1) is 26.4. The van der Waals surface area contributed by atoms with Crippen molar-refractivity contribution in [3.8, 4) is 11.3 Å². The molecule has 0 aliphatic carbocycles. The molecule has 3 N–H and O–H groups in total. The number of pyridine rings is 1. The van der Waals surface area contributed by atoms with E-state index < -0.39 is 12.0 Å². The van der Waals surface area contributed by atoms with Gasteiger partial charge in [0, 0.05) is 30.4 Å². The maximum Gasteiger partial charge on any atom is 0.335 e. The highest BCUT2D eigenvalue weighted by molar-refractivity contribution is 7.80. The zero-order valence-electron chi connectivity index (χ0n) is 20.9. The van der Waals surface area contributed by atoms with Gasteiger partial charge in [-0.1, -0.05) is 35.9 Å². The van der Waals surface area contributed by atoms with E-state index in [1.165, 1.54) is 18.2 Å². The van der Waals surface area contributed by atoms with Gasteiger partial charge in [0.25, 0.3) is 0 Å². The van der Waals surface area contributed by atoms with E-state index in [0.717, 1.165) is 16.9 Å². The van der Waals surface area contributed by atoms with Gasteiger partial charge < -0.3 is 25.1 Å². The molecule has 10 heteroatoms. The van der Waals surface area contributed by atoms with Gasteiger partial charge in [0.05, 0.1) is 22.3 Å². The molecule has 4 aromatic rings. The number of aromatic carboxylic acids is 1. The van der Waals surface area contributed by atoms with Crippen LogP contribution in [-0.2, 0) is 4.79 Å². The third kappa shape index (κ3) is 5.64. The van der Waals surface area contributed by atoms with Gasteiger partial charge in [-0.05, 0) is 73.2 Å². The lowest BCUT2D eigenvalue weighted by Crippen LogP contribution is -2.32. The summed E-state index contributed by atoms with van der Waals surface area (Å²) in [4.78, 5) is 30.8. The number of aryl methyl sites for hydroxylation is 1. The molecule has 0 radical (unpaired) electrons. The second-order valence-electron chi connectivity index (χ2n) is 9.13. The first-order chi connectivity index (χ1) is 18.8. The first-order valence-electron chi connectivity index (χ1n) is 12.3. The number of nitrogens with zero attached hydrogens (tertiary/aromatic N) is 2. The van der Waals surface area contributed by atoms with Crippen LogP contribution in [0.3, 0.4) is 0 Å². The molecule has 3 heterocycles. The van der Waals surface area contributed by atoms with Crippen molar-refractivity contribution in [3.05, 3.63) is 107 Å². The van der Waals surface area contributed by atoms with Crippen molar-refractivity contribution in [3.63, 3.8) is 0 Å². The number of para-hydroxylation sites is 1. The zero-order chi connectivity index (χ0) is 27.5. The predicted octanol–water partition coefficient (Wildman–Crippen LogP) is 6.00. The van der Waals surface area contributed by atoms with E-state index in [9.17, 15) is 14.7 Å². The van der Waals surface area contributed by atoms with Gasteiger partial charge in [-0.15, -0.1) is 0 Å². The molecular weight excluding hydrogens is 536 g/mol. The summed E-state index contributed by atoms with van der Waals surface area (Å²) in [6, 6.07) is 20.5. The second kappa shape index (κ2) is 11.3. The summed E-state index contributed by atoms with van der Waals surface area (Å²) in [5, 5.41) is 16.6. The minimum atomic E-state index is -1.06. The number of furan rings is 1. The van der Waals surface area contributed by atoms with E-state index in [2.05, 4.69) is 15.6 Å². The highest BCUT2D eigenvalue weighted by atomic mass is 35.5. The van der Waals surface area contributed by atoms with E-state index in [1.54, 1.807) is 12.3 Å². The van der Waals surface area contributed by atoms with Crippen LogP contribution in [0.15, 0.2) is 83.4 Å². The third-order valence-corrected chi connectivity index (χ3v) is 7.28. The average Bonchev–Trinajstić information content (AvgIpc) is 3.54. The normalized spacial score (nSPS) is 16.7. The Morgan fingerprint density at radius 2 is 1.92 bits per heavy atom. The quantitative estimate of drug-likeness (QED) is 0.225. The number of anilines is 1. The number of hydrogen-bond acceptors (Lipinski definition) is 5. The fourth-order valence-electron chi connectivity index (χ4n) is 4.61. The van der Waals surface area contributed by atoms with Crippen molar-refractivity contribution in [1.29, 1.82) is 0 Å². The van der Waals surface area contributed by atoms with Crippen molar-refractivity contribution in [2.24, 2.45) is 0 Å². The van der Waals surface area contributed by atoms with E-state index in [4.69, 9.17) is 28.2 Å². The largest absolute Gasteiger partial charge is 0.478 e. The summed E-state index contributed by atoms with van der Waals surface area (Å²) in [5.41, 5.74) is 3.08. The van der Waals surface area contributed by atoms with Gasteiger partial charge in [0.1, 0.15) is 17.6 Å². The molecule has 1 fully saturated rings. The third-order valence-electron chi connectivity index (χ3n) is 6.59. The van der Waals surface area contributed by atoms with Crippen LogP contribution in [0, 0.1) is 6.92 Å². The SMILES string of the molecule is Cc1ccccc1NC(=O)CCN1C(=S)NC(c2ccccn2)C1c1ccc(-c2cc(C(=O)O)ccc2Cl)o1. The number of aromatic nitrogens is 1. The van der Waals surface area contributed by atoms with Crippen molar-refractivity contribution >= 4 is 46.5 Å². The Hall–Kier alpha value is -4.21. The molecule has 5 rings (SSSR count). The van der Waals surface area contributed by atoms with Crippen LogP contribution in [0.5, 0.6) is 0 Å². The molecule has 0 spiro atoms. The fraction of sp³-hybridized carbons (Fsp3) is 0.172. The van der Waals surface area contributed by atoms with Crippen LogP contribution in [0.1, 0.15) is 45.9 Å². The van der Waals surface area contributed by atoms with Crippen molar-refractivity contribution < 1.29 is 19.1 Å². The van der Waals surface area contributed by atoms with Crippen LogP contribution in [0.2, 0.25) is 5.02 Å². The Kier molecular flexibility index (Phi) is 7.63. The van der Waals surface area contributed by atoms with E-state index in [1.807, 2.05) is 60.4 Å². The van der Waals surface area contributed by atoms with Crippen molar-refractivity contribution in [2.75, 3.05) is 11.9 Å². The smallest absolute Gasteiger partial charge is 0.335 e. The molecule has 198 valence electrons. The van der Waals surface area contributed by atoms with E-state index in [0.29, 0.717) is 33.8 Å². The summed E-state index contributed by atoms with van der Waals surface area (Å²) < 4.78 is 6.27. The monoisotopic (exact) mass is 560 g/mol. The molecular formula is C29H25ClN4O4S. The van der Waals surface area contributed by atoms with Crippen LogP contribution < -0.4 is 10.6 Å². The number of benzene rings is 2. The average molecular weight is 561 g/mol. The molecule has 2 aromatic heterocycles. The van der Waals surface area contributed by atoms with Gasteiger partial charge >= 0.3 is 5.97 Å². The standard InChI is InChI=1S/C29H25ClN4O4S/c1-17-6-2-3-7-21(17)32-25(35)13-15-34-27(26(33-29(34)39)22-8-4-5-14-31-22)24-12-11-23(38-24)19-16-18(28(36)37)9-10-20(19)30/h2-12,14,16,26-27H,13,15H2,1H3,(H,32,35)(H,33,39)(H,36,37). The van der Waals surface area contributed by atoms with Gasteiger partial charge in [-0.2, -0.15) is 0 Å². The van der Waals surface area contributed by atoms with Gasteiger partial charge in [-0.3, -0.25) is 9.78 Å². The maximum absolute atomic E-state index is 12.8. The number of carbonyl (C=O) groups is 2. The van der Waals surface area contributed by atoms with E-state index >= 15 is 0 Å². The van der Waals surface area contributed by atoms with Crippen LogP contribution in [0.4, 0.5) is 5.69 Å². The molecule has 0 bridgehead atoms. The van der Waals surface area contributed by atoms with Crippen LogP contribution in [0.25, 0.3) is 11.3 Å². The Morgan fingerprint density at radius 1 is 1.13 bits per heavy atom. The lowest BCUT2D eigenvalue weighted by molar-refractivity contribution is -0.116. The Balaban J connectivity index is 1.43. The summed E-state index contributed by atoms with van der Waals surface area (Å²) in [7, 11) is 0. The molecule has 2 aromatic carbocycles. The van der Waals surface area contributed by atoms with Gasteiger partial charge in [-0.25, -0.2) is 4.79 Å². The van der Waals surface area contributed by atoms with Crippen LogP contribution in [-0.4, -0.2) is 38.5 Å². The summed E-state index contributed by atoms with van der Waals surface area (Å²) in [6.07, 6.45) is 1.90. The summed E-state index contributed by atoms with van der Waals surface area (Å²) in [5.74, 6) is -0.197. The molecule has 39 heavy (non-hydrogen) atoms. The number of amides is 1. The number of hydrogen-bond donors (Lipinski definition) is 3. The first-order valence-corrected chi connectivity index (χ1v) is 13.1. The number of carboxylic acid groups (broad SMARTS) is 1. The Labute approximate surface area is 235 Å². The highest BCUT2D eigenvalue weighted by Gasteiger charge is 2.41. The topological polar surface area (TPSA) is 108 Å². The lowest BCUT2D eigenvalue weighted by Gasteiger charge is -2.26. The Bertz CT molecular complexity index is 1540. The number of halogens is 1. The van der Waals surface area contributed by atoms with Gasteiger partial charge in [0.2, 0.25) is 5.91 Å². The minimum Gasteiger partial charge on any atom is -0.478 e. The van der Waals surface area contributed by atoms with E-state index in [-0.39, 0.29) is 23.9 Å². The van der Waals surface area contributed by atoms with Gasteiger partial charge in [0.15, 0.2) is 5.11 Å². The predicted molar refractivity (Wildman–Crippen MR) is 153 cm³/mol. The molecule has 0 saturated carbocycles. The summed E-state index contributed by atoms with van der Waals surface area (Å²) >= 11 is 12.1. The van der Waals surface area contributed by atoms with Crippen molar-refractivity contribution in [1.82, 2.24) is 15.2 Å². The van der Waals surface area contributed by atoms with Crippen LogP contribution >= 0.6 is 23.8 Å². The molecule has 1 amide bonds. The lowest BCUT2D eigenvalue weighted by atomic mass is 10.0. The number of nitrogens with one attached hydrogen (secondary N) is 2. The molecule has 1 saturated heterocycles. The molecule has 2 unspecified atom stereocenters. The number of carboxylic acids is 1. The second-order valence-corrected chi connectivity index (χ2v) is 9.93. The number of carbonyl (C=O) groups excluding carboxylic acids is 1. The maximum atomic E-state index is 12.8. The molecule has 2 atom stereocenters. The fourth-order valence-corrected chi connectivity index (χ4v) is 5.15. The highest BCUT2D eigenvalue weighted by Crippen LogP contribution is 2.41. The molecule has 1 aliphatic rings. The Morgan fingerprint density at radius 3 is 2.67 bits per heavy atom. The zero-order valence-corrected chi connectivity index (χ0v) is 22.5. The number of rotatable bonds is 8. The minimum absolute atomic E-state index is 0.101. The molecule has 1 aliphatic heterocycles.